The Kier molecular flexibility index (Phi) is 4.11. The summed E-state index contributed by atoms with van der Waals surface area (Å²) in [4.78, 5) is 0. The average molecular weight is 293 g/mol. The van der Waals surface area contributed by atoms with E-state index in [0.29, 0.717) is 22.8 Å². The Morgan fingerprint density at radius 3 is 2.65 bits per heavy atom. The average Bonchev–Trinajstić information content (AvgIpc) is 2.81. The molecule has 0 bridgehead atoms. The predicted molar refractivity (Wildman–Crippen MR) is 82.9 cm³/mol. The highest BCUT2D eigenvalue weighted by atomic mass is 32.2. The molecule has 0 saturated heterocycles. The zero-order valence-electron chi connectivity index (χ0n) is 12.4. The Morgan fingerprint density at radius 2 is 2.05 bits per heavy atom. The summed E-state index contributed by atoms with van der Waals surface area (Å²) < 4.78 is 26.9. The van der Waals surface area contributed by atoms with E-state index in [1.165, 1.54) is 0 Å². The van der Waals surface area contributed by atoms with Gasteiger partial charge < -0.3 is 13.7 Å². The van der Waals surface area contributed by atoms with Gasteiger partial charge in [0.2, 0.25) is 0 Å². The van der Waals surface area contributed by atoms with E-state index in [9.17, 15) is 4.55 Å². The van der Waals surface area contributed by atoms with Crippen molar-refractivity contribution in [3.8, 4) is 5.75 Å². The molecule has 0 aliphatic carbocycles. The fourth-order valence-electron chi connectivity index (χ4n) is 1.68. The molecular weight excluding hydrogens is 274 g/mol. The van der Waals surface area contributed by atoms with Crippen LogP contribution in [0.2, 0.25) is 0 Å². The summed E-state index contributed by atoms with van der Waals surface area (Å²) in [5.41, 5.74) is 1.30. The SMILES string of the molecule is COc1cccc2cc(/C(C)=N/[S+]([O-])C(C)(C)C)oc12. The van der Waals surface area contributed by atoms with Crippen molar-refractivity contribution in [1.82, 2.24) is 0 Å². The standard InChI is InChI=1S/C15H19NO3S/c1-10(16-20(17)15(2,3)4)13-9-11-7-6-8-12(18-5)14(11)19-13/h6-9H,1-5H3/b16-10+. The molecule has 2 rings (SSSR count). The number of rotatable bonds is 3. The molecule has 0 radical (unpaired) electrons. The quantitative estimate of drug-likeness (QED) is 0.640. The molecule has 5 heteroatoms. The Bertz CT molecular complexity index is 640. The number of methoxy groups -OCH3 is 1. The largest absolute Gasteiger partial charge is 0.591 e. The smallest absolute Gasteiger partial charge is 0.176 e. The van der Waals surface area contributed by atoms with E-state index in [2.05, 4.69) is 4.40 Å². The van der Waals surface area contributed by atoms with Crippen molar-refractivity contribution in [3.63, 3.8) is 0 Å². The van der Waals surface area contributed by atoms with E-state index in [1.807, 2.05) is 45.0 Å². The van der Waals surface area contributed by atoms with Gasteiger partial charge in [0.25, 0.3) is 0 Å². The summed E-state index contributed by atoms with van der Waals surface area (Å²) in [6.07, 6.45) is 0. The molecule has 1 heterocycles. The van der Waals surface area contributed by atoms with Crippen LogP contribution in [0.3, 0.4) is 0 Å². The molecule has 1 aromatic carbocycles. The fraction of sp³-hybridized carbons (Fsp3) is 0.400. The lowest BCUT2D eigenvalue weighted by Gasteiger charge is -2.18. The van der Waals surface area contributed by atoms with Crippen molar-refractivity contribution >= 4 is 28.0 Å². The second-order valence-corrected chi connectivity index (χ2v) is 7.43. The van der Waals surface area contributed by atoms with Gasteiger partial charge in [0, 0.05) is 5.39 Å². The van der Waals surface area contributed by atoms with Gasteiger partial charge in [-0.25, -0.2) is 0 Å². The molecule has 0 amide bonds. The van der Waals surface area contributed by atoms with Gasteiger partial charge in [-0.2, -0.15) is 0 Å². The molecule has 1 atom stereocenters. The third kappa shape index (κ3) is 2.99. The first-order valence-electron chi connectivity index (χ1n) is 6.37. The maximum absolute atomic E-state index is 12.0. The van der Waals surface area contributed by atoms with Crippen molar-refractivity contribution in [2.75, 3.05) is 7.11 Å². The van der Waals surface area contributed by atoms with Gasteiger partial charge in [-0.15, -0.1) is 0 Å². The molecule has 0 aliphatic rings. The van der Waals surface area contributed by atoms with Crippen LogP contribution in [-0.4, -0.2) is 22.1 Å². The molecule has 0 saturated carbocycles. The number of hydrogen-bond donors (Lipinski definition) is 0. The normalized spacial score (nSPS) is 14.6. The van der Waals surface area contributed by atoms with Gasteiger partial charge in [0.1, 0.15) is 21.8 Å². The van der Waals surface area contributed by atoms with Crippen LogP contribution >= 0.6 is 0 Å². The monoisotopic (exact) mass is 293 g/mol. The lowest BCUT2D eigenvalue weighted by atomic mass is 10.2. The van der Waals surface area contributed by atoms with Crippen molar-refractivity contribution in [2.45, 2.75) is 32.4 Å². The summed E-state index contributed by atoms with van der Waals surface area (Å²) in [6, 6.07) is 7.57. The maximum atomic E-state index is 12.0. The predicted octanol–water partition coefficient (Wildman–Crippen LogP) is 3.71. The molecule has 0 aliphatic heterocycles. The zero-order valence-corrected chi connectivity index (χ0v) is 13.2. The van der Waals surface area contributed by atoms with Gasteiger partial charge >= 0.3 is 0 Å². The van der Waals surface area contributed by atoms with E-state index in [4.69, 9.17) is 9.15 Å². The summed E-state index contributed by atoms with van der Waals surface area (Å²) in [5, 5.41) is 0.940. The molecule has 20 heavy (non-hydrogen) atoms. The molecule has 1 aromatic heterocycles. The molecule has 0 spiro atoms. The van der Waals surface area contributed by atoms with Gasteiger partial charge in [-0.1, -0.05) is 16.5 Å². The molecule has 108 valence electrons. The number of nitrogens with zero attached hydrogens (tertiary/aromatic N) is 1. The van der Waals surface area contributed by atoms with Crippen LogP contribution in [0.15, 0.2) is 33.1 Å². The zero-order chi connectivity index (χ0) is 14.9. The molecule has 2 aromatic rings. The number of ether oxygens (including phenoxy) is 1. The summed E-state index contributed by atoms with van der Waals surface area (Å²) in [6.45, 7) is 7.47. The topological polar surface area (TPSA) is 57.8 Å². The number of furan rings is 1. The van der Waals surface area contributed by atoms with Crippen molar-refractivity contribution in [2.24, 2.45) is 4.40 Å². The fourth-order valence-corrected chi connectivity index (χ4v) is 2.29. The highest BCUT2D eigenvalue weighted by Gasteiger charge is 2.27. The first kappa shape index (κ1) is 14.9. The van der Waals surface area contributed by atoms with E-state index < -0.39 is 11.4 Å². The van der Waals surface area contributed by atoms with Crippen LogP contribution in [0.4, 0.5) is 0 Å². The molecule has 1 unspecified atom stereocenters. The molecular formula is C15H19NO3S. The second kappa shape index (κ2) is 5.50. The minimum atomic E-state index is -1.30. The van der Waals surface area contributed by atoms with Crippen molar-refractivity contribution in [3.05, 3.63) is 30.0 Å². The second-order valence-electron chi connectivity index (χ2n) is 5.53. The third-order valence-electron chi connectivity index (χ3n) is 2.83. The summed E-state index contributed by atoms with van der Waals surface area (Å²) >= 11 is -1.30. The Hall–Kier alpha value is -1.46. The Labute approximate surface area is 122 Å². The Balaban J connectivity index is 2.41. The van der Waals surface area contributed by atoms with Gasteiger partial charge in [0.05, 0.1) is 7.11 Å². The van der Waals surface area contributed by atoms with Crippen LogP contribution in [0.1, 0.15) is 33.5 Å². The molecule has 0 N–H and O–H groups in total. The van der Waals surface area contributed by atoms with Crippen LogP contribution in [0.5, 0.6) is 5.75 Å². The molecule has 0 fully saturated rings. The highest BCUT2D eigenvalue weighted by molar-refractivity contribution is 7.91. The number of para-hydroxylation sites is 1. The lowest BCUT2D eigenvalue weighted by molar-refractivity contribution is 0.410. The molecule has 4 nitrogen and oxygen atoms in total. The summed E-state index contributed by atoms with van der Waals surface area (Å²) in [7, 11) is 1.60. The number of fused-ring (bicyclic) bond motifs is 1. The van der Waals surface area contributed by atoms with Crippen molar-refractivity contribution < 1.29 is 13.7 Å². The Morgan fingerprint density at radius 1 is 1.35 bits per heavy atom. The van der Waals surface area contributed by atoms with Gasteiger partial charge in [-0.3, -0.25) is 0 Å². The van der Waals surface area contributed by atoms with E-state index in [1.54, 1.807) is 14.0 Å². The highest BCUT2D eigenvalue weighted by Crippen LogP contribution is 2.29. The van der Waals surface area contributed by atoms with Crippen LogP contribution in [0.25, 0.3) is 11.0 Å². The van der Waals surface area contributed by atoms with E-state index in [0.717, 1.165) is 5.39 Å². The maximum Gasteiger partial charge on any atom is 0.176 e. The van der Waals surface area contributed by atoms with Gasteiger partial charge in [0.15, 0.2) is 17.1 Å². The minimum Gasteiger partial charge on any atom is -0.591 e. The first-order chi connectivity index (χ1) is 9.32. The third-order valence-corrected chi connectivity index (χ3v) is 4.32. The van der Waals surface area contributed by atoms with E-state index in [-0.39, 0.29) is 4.75 Å². The number of hydrogen-bond acceptors (Lipinski definition) is 4. The van der Waals surface area contributed by atoms with E-state index >= 15 is 0 Å². The van der Waals surface area contributed by atoms with Gasteiger partial charge in [-0.05, 0) is 39.8 Å². The number of benzene rings is 1. The van der Waals surface area contributed by atoms with Crippen LogP contribution in [-0.2, 0) is 11.4 Å². The van der Waals surface area contributed by atoms with Crippen LogP contribution in [0, 0.1) is 0 Å². The van der Waals surface area contributed by atoms with Crippen molar-refractivity contribution in [1.29, 1.82) is 0 Å². The minimum absolute atomic E-state index is 0.384. The summed E-state index contributed by atoms with van der Waals surface area (Å²) in [5.74, 6) is 1.29. The first-order valence-corrected chi connectivity index (χ1v) is 7.48. The lowest BCUT2D eigenvalue weighted by Crippen LogP contribution is -2.26. The van der Waals surface area contributed by atoms with Crippen LogP contribution < -0.4 is 4.74 Å².